The molecule has 0 bridgehead atoms. The van der Waals surface area contributed by atoms with Gasteiger partial charge in [0, 0.05) is 176 Å². The van der Waals surface area contributed by atoms with Crippen molar-refractivity contribution in [1.29, 1.82) is 43.3 Å². The van der Waals surface area contributed by atoms with E-state index >= 15 is 43.2 Å². The summed E-state index contributed by atoms with van der Waals surface area (Å²) in [5.74, 6) is -18.4. The topological polar surface area (TPSA) is 794 Å². The fourth-order valence-corrected chi connectivity index (χ4v) is 17.7. The molecule has 0 saturated heterocycles. The van der Waals surface area contributed by atoms with E-state index in [1.165, 1.54) is 0 Å². The Labute approximate surface area is 875 Å². The number of guanidine groups is 8. The van der Waals surface area contributed by atoms with Crippen molar-refractivity contribution >= 4 is 129 Å². The Kier molecular flexibility index (Phi) is 61.8. The van der Waals surface area contributed by atoms with Crippen molar-refractivity contribution in [1.82, 2.24) is 69.1 Å². The van der Waals surface area contributed by atoms with E-state index in [9.17, 15) is 24.0 Å². The second kappa shape index (κ2) is 72.7. The SMILES string of the molecule is CCC(CCCNC(=N)N)C(=O)NC(Cc1ccccc1)C(=O)CC(CCCNC(=N)N)C(=O)CC(CCCNC(=N)N)C(=O)NC(Cc1ccccc1)C(=O)CC(CCCNC(=N)N)C(=O)CC(CCCNC(=N)N)C(=O)NC(Cc1ccccc1)C(=O)CC(CCCNC(=N)N)C(=O)CC(CCCNC(=N)N)C(=O)NC(Cc1ccccc1)C(=O)CC(CCCNC(=N)N)C(=O)NCCCCCC(=O)CCCC(=O)C(C)C. The fourth-order valence-electron chi connectivity index (χ4n) is 17.7. The Morgan fingerprint density at radius 3 is 0.678 bits per heavy atom. The second-order valence-corrected chi connectivity index (χ2v) is 38.7. The van der Waals surface area contributed by atoms with Gasteiger partial charge >= 0.3 is 0 Å². The summed E-state index contributed by atoms with van der Waals surface area (Å²) in [4.78, 5) is 207. The van der Waals surface area contributed by atoms with E-state index in [1.807, 2.05) is 20.8 Å². The molecule has 0 fully saturated rings. The molecule has 43 nitrogen and oxygen atoms in total. The maximum atomic E-state index is 15.7. The van der Waals surface area contributed by atoms with Crippen LogP contribution >= 0.6 is 0 Å². The van der Waals surface area contributed by atoms with Gasteiger partial charge in [0.25, 0.3) is 0 Å². The largest absolute Gasteiger partial charge is 0.370 e. The van der Waals surface area contributed by atoms with Crippen LogP contribution in [0, 0.1) is 96.5 Å². The molecule has 4 aromatic carbocycles. The molecule has 0 radical (unpaired) electrons. The van der Waals surface area contributed by atoms with Crippen LogP contribution in [0.25, 0.3) is 0 Å². The molecule has 4 rings (SSSR count). The molecule has 5 amide bonds. The van der Waals surface area contributed by atoms with Crippen LogP contribution in [0.15, 0.2) is 121 Å². The molecule has 149 heavy (non-hydrogen) atoms. The third-order valence-electron chi connectivity index (χ3n) is 26.1. The first-order valence-electron chi connectivity index (χ1n) is 52.1. The minimum Gasteiger partial charge on any atom is -0.370 e. The van der Waals surface area contributed by atoms with E-state index in [-0.39, 0.29) is 234 Å². The number of rotatable bonds is 82. The highest BCUT2D eigenvalue weighted by Gasteiger charge is 2.39. The number of Topliss-reactive ketones (excluding diaryl/α,β-unsaturated/α-hetero) is 9. The van der Waals surface area contributed by atoms with Crippen LogP contribution in [-0.2, 0) is 92.8 Å². The van der Waals surface area contributed by atoms with Crippen molar-refractivity contribution in [2.75, 3.05) is 58.9 Å². The number of nitrogens with one attached hydrogen (secondary N) is 21. The zero-order valence-corrected chi connectivity index (χ0v) is 87.0. The summed E-state index contributed by atoms with van der Waals surface area (Å²) in [6, 6.07) is 29.9. The smallest absolute Gasteiger partial charge is 0.224 e. The van der Waals surface area contributed by atoms with E-state index in [0.29, 0.717) is 93.9 Å². The third-order valence-corrected chi connectivity index (χ3v) is 26.1. The number of nitrogens with two attached hydrogens (primary N) is 8. The van der Waals surface area contributed by atoms with Crippen LogP contribution in [0.3, 0.4) is 0 Å². The molecule has 0 spiro atoms. The lowest BCUT2D eigenvalue weighted by Gasteiger charge is -2.27. The van der Waals surface area contributed by atoms with Crippen LogP contribution < -0.4 is 115 Å². The van der Waals surface area contributed by atoms with Crippen molar-refractivity contribution in [2.45, 2.75) is 270 Å². The number of benzene rings is 4. The lowest BCUT2D eigenvalue weighted by atomic mass is 9.82. The number of ketones is 9. The van der Waals surface area contributed by atoms with Gasteiger partial charge < -0.3 is 115 Å². The zero-order chi connectivity index (χ0) is 110. The van der Waals surface area contributed by atoms with Crippen LogP contribution in [0.4, 0.5) is 0 Å². The van der Waals surface area contributed by atoms with Crippen molar-refractivity contribution in [2.24, 2.45) is 99.1 Å². The van der Waals surface area contributed by atoms with Gasteiger partial charge in [-0.2, -0.15) is 0 Å². The average Bonchev–Trinajstić information content (AvgIpc) is 0.858. The van der Waals surface area contributed by atoms with Gasteiger partial charge in [-0.25, -0.2) is 0 Å². The first kappa shape index (κ1) is 127. The van der Waals surface area contributed by atoms with Crippen molar-refractivity contribution in [3.63, 3.8) is 0 Å². The lowest BCUT2D eigenvalue weighted by Crippen LogP contribution is -2.47. The molecular formula is C106H167N29O14. The summed E-state index contributed by atoms with van der Waals surface area (Å²) in [5, 5.41) is 99.5. The first-order valence-corrected chi connectivity index (χ1v) is 52.1. The van der Waals surface area contributed by atoms with E-state index < -0.39 is 180 Å². The maximum Gasteiger partial charge on any atom is 0.224 e. The maximum absolute atomic E-state index is 15.7. The van der Waals surface area contributed by atoms with Crippen molar-refractivity contribution in [3.8, 4) is 0 Å². The van der Waals surface area contributed by atoms with E-state index in [2.05, 4.69) is 69.1 Å². The average molecular weight is 2070 g/mol. The minimum atomic E-state index is -1.42. The Balaban J connectivity index is 1.80. The van der Waals surface area contributed by atoms with Gasteiger partial charge in [0.1, 0.15) is 28.9 Å². The number of carbonyl (C=O) groups is 14. The number of hydrogen-bond donors (Lipinski definition) is 29. The molecule has 0 aromatic heterocycles. The first-order chi connectivity index (χ1) is 71.1. The van der Waals surface area contributed by atoms with Crippen molar-refractivity contribution in [3.05, 3.63) is 144 Å². The van der Waals surface area contributed by atoms with Gasteiger partial charge in [-0.05, 0) is 176 Å². The molecule has 12 atom stereocenters. The standard InChI is InChI=1S/C106H167N29O14/c1-4-73(37-21-49-124-99(107)108)95(146)132-82(57-69-29-10-5-11-30-69)90(141)61-74(38-22-50-125-100(109)110)87(138)64-78(42-26-54-129-104(117)118)96(147)133-83(58-70-31-12-6-13-32-70)91(142)62-75(39-23-51-126-101(111)112)88(139)65-79(43-27-55-130-105(119)120)97(148)134-84(59-71-33-14-7-15-34-71)92(143)63-76(40-24-52-127-102(113)114)89(140)66-80(44-28-56-131-106(121)122)98(149)135-85(60-72-35-16-8-17-36-72)93(144)67-77(41-25-53-128-103(115)116)94(145)123-48-19-9-18-45-81(136)46-20-47-86(137)68(2)3/h5-8,10-17,29-36,68,73-80,82-85H,4,9,18-28,37-67H2,1-3H3,(H,123,145)(H,132,146)(H,133,147)(H,134,148)(H,135,149)(H4,107,108,124)(H4,109,110,125)(H4,111,112,126)(H4,113,114,127)(H4,115,116,128)(H4,117,118,129)(H4,119,120,130)(H4,121,122,131). The highest BCUT2D eigenvalue weighted by molar-refractivity contribution is 6.00. The van der Waals surface area contributed by atoms with Gasteiger partial charge in [-0.3, -0.25) is 110 Å². The lowest BCUT2D eigenvalue weighted by molar-refractivity contribution is -0.136. The van der Waals surface area contributed by atoms with Crippen LogP contribution in [0.5, 0.6) is 0 Å². The number of hydrogen-bond acceptors (Lipinski definition) is 22. The van der Waals surface area contributed by atoms with E-state index in [0.717, 1.165) is 5.56 Å². The van der Waals surface area contributed by atoms with Gasteiger partial charge in [-0.15, -0.1) is 0 Å². The van der Waals surface area contributed by atoms with Crippen LogP contribution in [0.2, 0.25) is 0 Å². The fraction of sp³-hybridized carbons (Fsp3) is 0.566. The van der Waals surface area contributed by atoms with Crippen molar-refractivity contribution < 1.29 is 67.1 Å². The Hall–Kier alpha value is -14.6. The number of amides is 5. The molecule has 0 heterocycles. The Morgan fingerprint density at radius 2 is 0.436 bits per heavy atom. The Morgan fingerprint density at radius 1 is 0.228 bits per heavy atom. The highest BCUT2D eigenvalue weighted by Crippen LogP contribution is 2.30. The highest BCUT2D eigenvalue weighted by atomic mass is 16.2. The van der Waals surface area contributed by atoms with E-state index in [1.54, 1.807) is 121 Å². The van der Waals surface area contributed by atoms with Gasteiger partial charge in [-0.1, -0.05) is 149 Å². The molecule has 4 aromatic rings. The number of carbonyl (C=O) groups excluding carboxylic acids is 14. The molecule has 12 unspecified atom stereocenters. The van der Waals surface area contributed by atoms with E-state index in [4.69, 9.17) is 89.1 Å². The van der Waals surface area contributed by atoms with Gasteiger partial charge in [0.05, 0.1) is 24.2 Å². The summed E-state index contributed by atoms with van der Waals surface area (Å²) in [6.45, 7) is 6.68. The second-order valence-electron chi connectivity index (χ2n) is 38.7. The molecule has 0 aliphatic rings. The van der Waals surface area contributed by atoms with Crippen LogP contribution in [0.1, 0.15) is 242 Å². The van der Waals surface area contributed by atoms with Crippen LogP contribution in [-0.4, -0.2) is 212 Å². The molecule has 820 valence electrons. The van der Waals surface area contributed by atoms with Gasteiger partial charge in [0.15, 0.2) is 70.8 Å². The minimum absolute atomic E-state index is 0.0236. The molecular weight excluding hydrogens is 1900 g/mol. The molecule has 0 saturated carbocycles. The summed E-state index contributed by atoms with van der Waals surface area (Å²) < 4.78 is 0. The predicted octanol–water partition coefficient (Wildman–Crippen LogP) is 4.70. The quantitative estimate of drug-likeness (QED) is 0.0162. The molecule has 37 N–H and O–H groups in total. The summed E-state index contributed by atoms with van der Waals surface area (Å²) in [5.41, 5.74) is 48.0. The summed E-state index contributed by atoms with van der Waals surface area (Å²) in [6.07, 6.45) is 2.10. The summed E-state index contributed by atoms with van der Waals surface area (Å²) in [7, 11) is 0. The molecule has 0 aliphatic carbocycles. The van der Waals surface area contributed by atoms with Gasteiger partial charge in [0.2, 0.25) is 29.5 Å². The number of unbranched alkanes of at least 4 members (excludes halogenated alkanes) is 2. The Bertz CT molecular complexity index is 4940. The summed E-state index contributed by atoms with van der Waals surface area (Å²) >= 11 is 0. The third kappa shape index (κ3) is 56.2. The molecule has 0 aliphatic heterocycles. The zero-order valence-electron chi connectivity index (χ0n) is 87.0. The normalized spacial score (nSPS) is 13.4. The molecule has 43 heteroatoms. The monoisotopic (exact) mass is 2070 g/mol. The predicted molar refractivity (Wildman–Crippen MR) is 577 cm³/mol.